The van der Waals surface area contributed by atoms with Crippen LogP contribution in [0.5, 0.6) is 11.5 Å². The first-order chi connectivity index (χ1) is 10.1. The largest absolute Gasteiger partial charge is 0.497 e. The van der Waals surface area contributed by atoms with Crippen LogP contribution in [0.15, 0.2) is 42.5 Å². The summed E-state index contributed by atoms with van der Waals surface area (Å²) in [4.78, 5) is 0. The summed E-state index contributed by atoms with van der Waals surface area (Å²) >= 11 is 0. The molecule has 0 saturated carbocycles. The fraction of sp³-hybridized carbons (Fsp3) is 0.333. The van der Waals surface area contributed by atoms with Crippen LogP contribution in [0.25, 0.3) is 0 Å². The lowest BCUT2D eigenvalue weighted by Crippen LogP contribution is -2.22. The van der Waals surface area contributed by atoms with Gasteiger partial charge in [-0.3, -0.25) is 0 Å². The third-order valence-corrected chi connectivity index (χ3v) is 3.36. The van der Waals surface area contributed by atoms with Gasteiger partial charge in [0.15, 0.2) is 0 Å². The van der Waals surface area contributed by atoms with E-state index in [-0.39, 0.29) is 6.10 Å². The van der Waals surface area contributed by atoms with Crippen molar-refractivity contribution in [3.8, 4) is 11.5 Å². The highest BCUT2D eigenvalue weighted by Crippen LogP contribution is 2.19. The summed E-state index contributed by atoms with van der Waals surface area (Å²) in [6, 6.07) is 14.1. The summed E-state index contributed by atoms with van der Waals surface area (Å²) in [6.07, 6.45) is 0.0825. The van der Waals surface area contributed by atoms with Crippen LogP contribution in [0.4, 0.5) is 5.69 Å². The molecule has 3 heteroatoms. The van der Waals surface area contributed by atoms with Crippen LogP contribution in [0, 0.1) is 13.8 Å². The molecule has 0 fully saturated rings. The lowest BCUT2D eigenvalue weighted by molar-refractivity contribution is 0.234. The molecule has 2 aromatic carbocycles. The van der Waals surface area contributed by atoms with E-state index in [1.165, 1.54) is 11.1 Å². The van der Waals surface area contributed by atoms with Crippen molar-refractivity contribution >= 4 is 5.69 Å². The molecule has 0 aliphatic carbocycles. The maximum atomic E-state index is 5.88. The first-order valence-corrected chi connectivity index (χ1v) is 7.20. The zero-order valence-corrected chi connectivity index (χ0v) is 13.1. The van der Waals surface area contributed by atoms with Gasteiger partial charge in [-0.15, -0.1) is 0 Å². The predicted molar refractivity (Wildman–Crippen MR) is 87.5 cm³/mol. The van der Waals surface area contributed by atoms with E-state index in [9.17, 15) is 0 Å². The van der Waals surface area contributed by atoms with Crippen molar-refractivity contribution in [2.45, 2.75) is 26.9 Å². The zero-order chi connectivity index (χ0) is 15.2. The Kier molecular flexibility index (Phi) is 5.09. The second kappa shape index (κ2) is 7.02. The van der Waals surface area contributed by atoms with Crippen molar-refractivity contribution in [2.75, 3.05) is 19.0 Å². The maximum absolute atomic E-state index is 5.88. The molecule has 0 amide bonds. The van der Waals surface area contributed by atoms with Crippen LogP contribution >= 0.6 is 0 Å². The van der Waals surface area contributed by atoms with Crippen LogP contribution in [0.1, 0.15) is 18.1 Å². The van der Waals surface area contributed by atoms with E-state index >= 15 is 0 Å². The summed E-state index contributed by atoms with van der Waals surface area (Å²) in [5.74, 6) is 1.69. The zero-order valence-electron chi connectivity index (χ0n) is 13.1. The van der Waals surface area contributed by atoms with Gasteiger partial charge in [0.25, 0.3) is 0 Å². The maximum Gasteiger partial charge on any atom is 0.120 e. The van der Waals surface area contributed by atoms with Gasteiger partial charge < -0.3 is 14.8 Å². The fourth-order valence-electron chi connectivity index (χ4n) is 2.19. The molecule has 112 valence electrons. The molecule has 0 aromatic heterocycles. The van der Waals surface area contributed by atoms with Gasteiger partial charge in [0, 0.05) is 5.69 Å². The first-order valence-electron chi connectivity index (χ1n) is 7.20. The SMILES string of the molecule is COc1ccc(OC(C)CNc2ccc(C)cc2C)cc1. The second-order valence-electron chi connectivity index (χ2n) is 5.30. The number of benzene rings is 2. The van der Waals surface area contributed by atoms with E-state index in [4.69, 9.17) is 9.47 Å². The quantitative estimate of drug-likeness (QED) is 0.863. The topological polar surface area (TPSA) is 30.5 Å². The Balaban J connectivity index is 1.87. The molecule has 0 aliphatic rings. The number of nitrogens with one attached hydrogen (secondary N) is 1. The smallest absolute Gasteiger partial charge is 0.120 e. The van der Waals surface area contributed by atoms with Crippen LogP contribution in [0.2, 0.25) is 0 Å². The van der Waals surface area contributed by atoms with Crippen molar-refractivity contribution in [1.29, 1.82) is 0 Å². The molecule has 2 aromatic rings. The Morgan fingerprint density at radius 2 is 1.67 bits per heavy atom. The van der Waals surface area contributed by atoms with E-state index in [0.717, 1.165) is 23.7 Å². The van der Waals surface area contributed by atoms with Gasteiger partial charge in [-0.05, 0) is 56.7 Å². The summed E-state index contributed by atoms with van der Waals surface area (Å²) < 4.78 is 11.0. The Bertz CT molecular complexity index is 578. The van der Waals surface area contributed by atoms with E-state index in [1.807, 2.05) is 24.3 Å². The van der Waals surface area contributed by atoms with Crippen molar-refractivity contribution in [2.24, 2.45) is 0 Å². The molecule has 0 radical (unpaired) electrons. The number of hydrogen-bond acceptors (Lipinski definition) is 3. The molecule has 0 heterocycles. The number of hydrogen-bond donors (Lipinski definition) is 1. The molecular formula is C18H23NO2. The third kappa shape index (κ3) is 4.42. The monoisotopic (exact) mass is 285 g/mol. The normalized spacial score (nSPS) is 11.8. The highest BCUT2D eigenvalue weighted by Gasteiger charge is 2.05. The minimum absolute atomic E-state index is 0.0825. The van der Waals surface area contributed by atoms with Crippen molar-refractivity contribution < 1.29 is 9.47 Å². The fourth-order valence-corrected chi connectivity index (χ4v) is 2.19. The van der Waals surface area contributed by atoms with Crippen LogP contribution < -0.4 is 14.8 Å². The van der Waals surface area contributed by atoms with Gasteiger partial charge >= 0.3 is 0 Å². The summed E-state index contributed by atoms with van der Waals surface area (Å²) in [7, 11) is 1.66. The Hall–Kier alpha value is -2.16. The molecule has 0 aliphatic heterocycles. The number of anilines is 1. The van der Waals surface area contributed by atoms with E-state index in [2.05, 4.69) is 44.3 Å². The average Bonchev–Trinajstić information content (AvgIpc) is 2.47. The second-order valence-corrected chi connectivity index (χ2v) is 5.30. The van der Waals surface area contributed by atoms with Crippen LogP contribution in [0.3, 0.4) is 0 Å². The van der Waals surface area contributed by atoms with Crippen molar-refractivity contribution in [3.63, 3.8) is 0 Å². The summed E-state index contributed by atoms with van der Waals surface area (Å²) in [5.41, 5.74) is 3.69. The minimum Gasteiger partial charge on any atom is -0.497 e. The first kappa shape index (κ1) is 15.2. The minimum atomic E-state index is 0.0825. The van der Waals surface area contributed by atoms with Crippen molar-refractivity contribution in [1.82, 2.24) is 0 Å². The number of ether oxygens (including phenoxy) is 2. The van der Waals surface area contributed by atoms with Crippen molar-refractivity contribution in [3.05, 3.63) is 53.6 Å². The number of aryl methyl sites for hydroxylation is 2. The van der Waals surface area contributed by atoms with Crippen LogP contribution in [-0.4, -0.2) is 19.8 Å². The van der Waals surface area contributed by atoms with Gasteiger partial charge in [0.05, 0.1) is 13.7 Å². The van der Waals surface area contributed by atoms with Crippen LogP contribution in [-0.2, 0) is 0 Å². The highest BCUT2D eigenvalue weighted by molar-refractivity contribution is 5.52. The Morgan fingerprint density at radius 3 is 2.29 bits per heavy atom. The summed E-state index contributed by atoms with van der Waals surface area (Å²) in [5, 5.41) is 3.43. The molecule has 0 bridgehead atoms. The standard InChI is InChI=1S/C18H23NO2/c1-13-5-10-18(14(2)11-13)19-12-15(3)21-17-8-6-16(20-4)7-9-17/h5-11,15,19H,12H2,1-4H3. The molecule has 0 spiro atoms. The van der Waals surface area contributed by atoms with Gasteiger partial charge in [-0.1, -0.05) is 17.7 Å². The van der Waals surface area contributed by atoms with Gasteiger partial charge in [-0.2, -0.15) is 0 Å². The molecule has 1 unspecified atom stereocenters. The molecule has 21 heavy (non-hydrogen) atoms. The highest BCUT2D eigenvalue weighted by atomic mass is 16.5. The van der Waals surface area contributed by atoms with Gasteiger partial charge in [0.1, 0.15) is 17.6 Å². The lowest BCUT2D eigenvalue weighted by atomic mass is 10.1. The molecule has 1 N–H and O–H groups in total. The Labute approximate surface area is 126 Å². The third-order valence-electron chi connectivity index (χ3n) is 3.36. The van der Waals surface area contributed by atoms with Gasteiger partial charge in [-0.25, -0.2) is 0 Å². The lowest BCUT2D eigenvalue weighted by Gasteiger charge is -2.17. The average molecular weight is 285 g/mol. The molecule has 2 rings (SSSR count). The number of methoxy groups -OCH3 is 1. The number of rotatable bonds is 6. The van der Waals surface area contributed by atoms with Gasteiger partial charge in [0.2, 0.25) is 0 Å². The summed E-state index contributed by atoms with van der Waals surface area (Å²) in [6.45, 7) is 7.03. The predicted octanol–water partition coefficient (Wildman–Crippen LogP) is 4.19. The molecule has 3 nitrogen and oxygen atoms in total. The van der Waals surface area contributed by atoms with E-state index < -0.39 is 0 Å². The molecule has 1 atom stereocenters. The molecule has 0 saturated heterocycles. The van der Waals surface area contributed by atoms with E-state index in [0.29, 0.717) is 0 Å². The molecular weight excluding hydrogens is 262 g/mol. The Morgan fingerprint density at radius 1 is 1.00 bits per heavy atom. The van der Waals surface area contributed by atoms with E-state index in [1.54, 1.807) is 7.11 Å².